The Hall–Kier alpha value is -0.0800. The van der Waals surface area contributed by atoms with Crippen LogP contribution in [0, 0.1) is 0 Å². The molecule has 0 aromatic rings. The second-order valence-corrected chi connectivity index (χ2v) is 2.12. The average Bonchev–Trinajstić information content (AvgIpc) is 1.66. The van der Waals surface area contributed by atoms with E-state index in [9.17, 15) is 0 Å². The van der Waals surface area contributed by atoms with Gasteiger partial charge in [0, 0.05) is 6.61 Å². The number of hydrogen-bond donors (Lipinski definition) is 0. The lowest BCUT2D eigenvalue weighted by molar-refractivity contribution is 0.0567. The van der Waals surface area contributed by atoms with Crippen LogP contribution in [0.4, 0.5) is 0 Å². The lowest BCUT2D eigenvalue weighted by Crippen LogP contribution is -2.16. The van der Waals surface area contributed by atoms with Crippen molar-refractivity contribution >= 4 is 0 Å². The topological polar surface area (TPSA) is 12.5 Å². The van der Waals surface area contributed by atoms with Gasteiger partial charge in [-0.3, -0.25) is 4.90 Å². The molecule has 0 amide bonds. The maximum Gasteiger partial charge on any atom is 0.0985 e. The van der Waals surface area contributed by atoms with Crippen LogP contribution in [-0.2, 0) is 4.74 Å². The molecular formula is C6H15NO. The van der Waals surface area contributed by atoms with Gasteiger partial charge >= 0.3 is 0 Å². The number of hydrogen-bond acceptors (Lipinski definition) is 2. The van der Waals surface area contributed by atoms with Crippen LogP contribution in [0.15, 0.2) is 0 Å². The maximum atomic E-state index is 5.17. The summed E-state index contributed by atoms with van der Waals surface area (Å²) in [6, 6.07) is 0. The molecule has 0 fully saturated rings. The largest absolute Gasteiger partial charge is 0.366 e. The lowest BCUT2D eigenvalue weighted by Gasteiger charge is -2.08. The van der Waals surface area contributed by atoms with Crippen molar-refractivity contribution in [2.75, 3.05) is 27.4 Å². The van der Waals surface area contributed by atoms with E-state index in [0.717, 1.165) is 19.8 Å². The molecule has 2 heteroatoms. The molecule has 0 aliphatic heterocycles. The van der Waals surface area contributed by atoms with E-state index in [1.807, 2.05) is 19.0 Å². The second kappa shape index (κ2) is 5.06. The molecule has 0 aromatic carbocycles. The van der Waals surface area contributed by atoms with E-state index >= 15 is 0 Å². The first-order valence-electron chi connectivity index (χ1n) is 3.00. The first kappa shape index (κ1) is 7.92. The molecule has 0 saturated heterocycles. The quantitative estimate of drug-likeness (QED) is 0.401. The minimum atomic E-state index is 0.744. The fraction of sp³-hybridized carbons (Fsp3) is 1.00. The highest BCUT2D eigenvalue weighted by Gasteiger charge is 1.85. The van der Waals surface area contributed by atoms with Gasteiger partial charge in [0.15, 0.2) is 0 Å². The van der Waals surface area contributed by atoms with Gasteiger partial charge < -0.3 is 4.74 Å². The van der Waals surface area contributed by atoms with E-state index in [1.165, 1.54) is 0 Å². The Labute approximate surface area is 51.4 Å². The lowest BCUT2D eigenvalue weighted by atomic mass is 10.5. The third-order valence-corrected chi connectivity index (χ3v) is 0.698. The van der Waals surface area contributed by atoms with Crippen LogP contribution in [0.1, 0.15) is 13.3 Å². The van der Waals surface area contributed by atoms with Crippen molar-refractivity contribution in [2.45, 2.75) is 13.3 Å². The number of ether oxygens (including phenoxy) is 1. The Morgan fingerprint density at radius 1 is 1.38 bits per heavy atom. The van der Waals surface area contributed by atoms with Gasteiger partial charge in [0.1, 0.15) is 0 Å². The Morgan fingerprint density at radius 2 is 2.00 bits per heavy atom. The summed E-state index contributed by atoms with van der Waals surface area (Å²) in [5, 5.41) is 0. The van der Waals surface area contributed by atoms with Crippen molar-refractivity contribution in [1.29, 1.82) is 0 Å². The van der Waals surface area contributed by atoms with Crippen LogP contribution in [0.25, 0.3) is 0 Å². The molecule has 8 heavy (non-hydrogen) atoms. The van der Waals surface area contributed by atoms with E-state index < -0.39 is 0 Å². The number of nitrogens with zero attached hydrogens (tertiary/aromatic N) is 1. The van der Waals surface area contributed by atoms with E-state index in [1.54, 1.807) is 0 Å². The Kier molecular flexibility index (Phi) is 5.01. The normalized spacial score (nSPS) is 10.5. The van der Waals surface area contributed by atoms with Gasteiger partial charge in [-0.1, -0.05) is 6.92 Å². The summed E-state index contributed by atoms with van der Waals surface area (Å²) in [7, 11) is 3.99. The summed E-state index contributed by atoms with van der Waals surface area (Å²) in [6.45, 7) is 3.72. The van der Waals surface area contributed by atoms with E-state index in [0.29, 0.717) is 0 Å². The van der Waals surface area contributed by atoms with E-state index in [4.69, 9.17) is 4.74 Å². The molecule has 2 nitrogen and oxygen atoms in total. The molecule has 0 saturated carbocycles. The third kappa shape index (κ3) is 5.92. The zero-order valence-electron chi connectivity index (χ0n) is 5.98. The van der Waals surface area contributed by atoms with Crippen LogP contribution in [0.2, 0.25) is 0 Å². The highest BCUT2D eigenvalue weighted by molar-refractivity contribution is 4.27. The summed E-state index contributed by atoms with van der Waals surface area (Å²) < 4.78 is 5.17. The molecule has 0 spiro atoms. The second-order valence-electron chi connectivity index (χ2n) is 2.12. The summed E-state index contributed by atoms with van der Waals surface area (Å²) in [4.78, 5) is 2.01. The van der Waals surface area contributed by atoms with Gasteiger partial charge in [0.05, 0.1) is 6.73 Å². The van der Waals surface area contributed by atoms with Crippen molar-refractivity contribution in [1.82, 2.24) is 4.90 Å². The summed E-state index contributed by atoms with van der Waals surface area (Å²) in [5.74, 6) is 0. The van der Waals surface area contributed by atoms with Gasteiger partial charge in [-0.15, -0.1) is 0 Å². The zero-order valence-corrected chi connectivity index (χ0v) is 5.98. The molecule has 50 valence electrons. The highest BCUT2D eigenvalue weighted by atomic mass is 16.5. The van der Waals surface area contributed by atoms with E-state index in [-0.39, 0.29) is 0 Å². The SMILES string of the molecule is CCCOCN(C)C. The standard InChI is InChI=1S/C6H15NO/c1-4-5-8-6-7(2)3/h4-6H2,1-3H3. The molecular weight excluding hydrogens is 102 g/mol. The van der Waals surface area contributed by atoms with Crippen LogP contribution in [0.3, 0.4) is 0 Å². The Balaban J connectivity index is 2.72. The van der Waals surface area contributed by atoms with Crippen molar-refractivity contribution in [3.63, 3.8) is 0 Å². The van der Waals surface area contributed by atoms with Crippen LogP contribution < -0.4 is 0 Å². The van der Waals surface area contributed by atoms with Crippen molar-refractivity contribution in [3.8, 4) is 0 Å². The molecule has 0 aliphatic carbocycles. The summed E-state index contributed by atoms with van der Waals surface area (Å²) in [6.07, 6.45) is 1.10. The van der Waals surface area contributed by atoms with Crippen LogP contribution in [0.5, 0.6) is 0 Å². The smallest absolute Gasteiger partial charge is 0.0985 e. The van der Waals surface area contributed by atoms with Crippen LogP contribution >= 0.6 is 0 Å². The summed E-state index contributed by atoms with van der Waals surface area (Å²) >= 11 is 0. The molecule has 0 bridgehead atoms. The molecule has 0 atom stereocenters. The maximum absolute atomic E-state index is 5.17. The molecule has 0 rings (SSSR count). The molecule has 0 heterocycles. The van der Waals surface area contributed by atoms with E-state index in [2.05, 4.69) is 6.92 Å². The summed E-state index contributed by atoms with van der Waals surface area (Å²) in [5.41, 5.74) is 0. The monoisotopic (exact) mass is 117 g/mol. The van der Waals surface area contributed by atoms with Crippen molar-refractivity contribution < 1.29 is 4.74 Å². The zero-order chi connectivity index (χ0) is 6.41. The van der Waals surface area contributed by atoms with Gasteiger partial charge in [-0.2, -0.15) is 0 Å². The predicted molar refractivity (Wildman–Crippen MR) is 34.8 cm³/mol. The molecule has 0 aliphatic rings. The fourth-order valence-corrected chi connectivity index (χ4v) is 0.391. The van der Waals surface area contributed by atoms with Gasteiger partial charge in [-0.05, 0) is 20.5 Å². The van der Waals surface area contributed by atoms with Crippen molar-refractivity contribution in [3.05, 3.63) is 0 Å². The average molecular weight is 117 g/mol. The van der Waals surface area contributed by atoms with Gasteiger partial charge in [0.25, 0.3) is 0 Å². The fourth-order valence-electron chi connectivity index (χ4n) is 0.391. The predicted octanol–water partition coefficient (Wildman–Crippen LogP) is 0.932. The Bertz CT molecular complexity index is 45.8. The Morgan fingerprint density at radius 3 is 2.38 bits per heavy atom. The number of rotatable bonds is 4. The van der Waals surface area contributed by atoms with Crippen LogP contribution in [-0.4, -0.2) is 32.3 Å². The third-order valence-electron chi connectivity index (χ3n) is 0.698. The highest BCUT2D eigenvalue weighted by Crippen LogP contribution is 1.80. The van der Waals surface area contributed by atoms with Gasteiger partial charge in [0.2, 0.25) is 0 Å². The molecule has 0 unspecified atom stereocenters. The minimum absolute atomic E-state index is 0.744. The molecule has 0 N–H and O–H groups in total. The minimum Gasteiger partial charge on any atom is -0.366 e. The molecule has 0 aromatic heterocycles. The van der Waals surface area contributed by atoms with Gasteiger partial charge in [-0.25, -0.2) is 0 Å². The van der Waals surface area contributed by atoms with Crippen molar-refractivity contribution in [2.24, 2.45) is 0 Å². The molecule has 0 radical (unpaired) electrons. The first-order valence-corrected chi connectivity index (χ1v) is 3.00. The first-order chi connectivity index (χ1) is 3.77.